The van der Waals surface area contributed by atoms with Crippen LogP contribution in [0.15, 0.2) is 42.5 Å². The molecule has 1 saturated heterocycles. The summed E-state index contributed by atoms with van der Waals surface area (Å²) in [5.74, 6) is -0.317. The highest BCUT2D eigenvalue weighted by Crippen LogP contribution is 2.32. The maximum Gasteiger partial charge on any atom is 0.319 e. The lowest BCUT2D eigenvalue weighted by molar-refractivity contribution is 0.227. The van der Waals surface area contributed by atoms with Crippen LogP contribution in [0.2, 0.25) is 0 Å². The van der Waals surface area contributed by atoms with Crippen LogP contribution in [-0.2, 0) is 6.42 Å². The Hall–Kier alpha value is -2.60. The molecule has 0 radical (unpaired) electrons. The summed E-state index contributed by atoms with van der Waals surface area (Å²) in [4.78, 5) is 17.1. The van der Waals surface area contributed by atoms with Crippen molar-refractivity contribution in [2.45, 2.75) is 25.3 Å². The standard InChI is InChI=1S/C22H27FN4O/c1-26-13-10-17-14-16(4-9-20(17)26)21(27-11-2-3-12-27)15-24-22(28)25-19-7-5-18(23)6-8-19/h4-9,14,21H,2-3,10-13,15H2,1H3,(H2,24,25,28)/t21-/m0/s1. The monoisotopic (exact) mass is 382 g/mol. The Morgan fingerprint density at radius 1 is 1.11 bits per heavy atom. The summed E-state index contributed by atoms with van der Waals surface area (Å²) in [6, 6.07) is 12.4. The number of halogens is 1. The first-order valence-corrected chi connectivity index (χ1v) is 9.98. The van der Waals surface area contributed by atoms with Gasteiger partial charge in [-0.25, -0.2) is 9.18 Å². The van der Waals surface area contributed by atoms with E-state index in [1.54, 1.807) is 12.1 Å². The molecule has 2 N–H and O–H groups in total. The minimum absolute atomic E-state index is 0.165. The first-order chi connectivity index (χ1) is 13.6. The second-order valence-corrected chi connectivity index (χ2v) is 7.66. The smallest absolute Gasteiger partial charge is 0.319 e. The Bertz CT molecular complexity index is 833. The number of likely N-dealkylation sites (N-methyl/N-ethyl adjacent to an activating group) is 1. The summed E-state index contributed by atoms with van der Waals surface area (Å²) in [7, 11) is 2.13. The van der Waals surface area contributed by atoms with Crippen molar-refractivity contribution in [2.24, 2.45) is 0 Å². The van der Waals surface area contributed by atoms with Gasteiger partial charge in [-0.1, -0.05) is 12.1 Å². The van der Waals surface area contributed by atoms with Gasteiger partial charge in [-0.3, -0.25) is 4.90 Å². The summed E-state index contributed by atoms with van der Waals surface area (Å²) in [5.41, 5.74) is 4.54. The predicted octanol–water partition coefficient (Wildman–Crippen LogP) is 3.78. The van der Waals surface area contributed by atoms with Crippen LogP contribution in [0.25, 0.3) is 0 Å². The summed E-state index contributed by atoms with van der Waals surface area (Å²) in [5, 5.41) is 5.77. The van der Waals surface area contributed by atoms with E-state index in [0.29, 0.717) is 12.2 Å². The summed E-state index contributed by atoms with van der Waals surface area (Å²) in [6.45, 7) is 3.72. The third-order valence-electron chi connectivity index (χ3n) is 5.76. The lowest BCUT2D eigenvalue weighted by Crippen LogP contribution is -2.38. The van der Waals surface area contributed by atoms with E-state index in [1.165, 1.54) is 41.8 Å². The summed E-state index contributed by atoms with van der Waals surface area (Å²) < 4.78 is 13.0. The van der Waals surface area contributed by atoms with Gasteiger partial charge in [0.2, 0.25) is 0 Å². The van der Waals surface area contributed by atoms with E-state index in [0.717, 1.165) is 26.1 Å². The van der Waals surface area contributed by atoms with E-state index in [2.05, 4.69) is 45.7 Å². The molecule has 2 amide bonds. The molecule has 2 heterocycles. The van der Waals surface area contributed by atoms with Crippen molar-refractivity contribution in [3.8, 4) is 0 Å². The number of rotatable bonds is 5. The quantitative estimate of drug-likeness (QED) is 0.827. The zero-order chi connectivity index (χ0) is 19.5. The number of anilines is 2. The summed E-state index contributed by atoms with van der Waals surface area (Å²) in [6.07, 6.45) is 3.47. The number of urea groups is 1. The van der Waals surface area contributed by atoms with Crippen LogP contribution < -0.4 is 15.5 Å². The van der Waals surface area contributed by atoms with Gasteiger partial charge in [-0.15, -0.1) is 0 Å². The Labute approximate surface area is 165 Å². The van der Waals surface area contributed by atoms with Gasteiger partial charge in [0.1, 0.15) is 5.82 Å². The fourth-order valence-electron chi connectivity index (χ4n) is 4.20. The summed E-state index contributed by atoms with van der Waals surface area (Å²) >= 11 is 0. The fraction of sp³-hybridized carbons (Fsp3) is 0.409. The molecule has 0 aliphatic carbocycles. The number of carbonyl (C=O) groups is 1. The molecule has 28 heavy (non-hydrogen) atoms. The third kappa shape index (κ3) is 4.12. The Balaban J connectivity index is 1.45. The number of hydrogen-bond acceptors (Lipinski definition) is 3. The highest BCUT2D eigenvalue weighted by Gasteiger charge is 2.26. The number of hydrogen-bond donors (Lipinski definition) is 2. The molecule has 2 aromatic carbocycles. The number of likely N-dealkylation sites (tertiary alicyclic amines) is 1. The normalized spacial score (nSPS) is 17.4. The molecule has 0 bridgehead atoms. The Morgan fingerprint density at radius 2 is 1.86 bits per heavy atom. The van der Waals surface area contributed by atoms with Gasteiger partial charge in [-0.2, -0.15) is 0 Å². The van der Waals surface area contributed by atoms with Crippen molar-refractivity contribution >= 4 is 17.4 Å². The van der Waals surface area contributed by atoms with Crippen molar-refractivity contribution in [3.63, 3.8) is 0 Å². The minimum Gasteiger partial charge on any atom is -0.374 e. The highest BCUT2D eigenvalue weighted by molar-refractivity contribution is 5.89. The number of amides is 2. The zero-order valence-corrected chi connectivity index (χ0v) is 16.2. The molecule has 5 nitrogen and oxygen atoms in total. The minimum atomic E-state index is -0.317. The van der Waals surface area contributed by atoms with Crippen molar-refractivity contribution in [3.05, 3.63) is 59.4 Å². The first kappa shape index (κ1) is 18.7. The lowest BCUT2D eigenvalue weighted by Gasteiger charge is -2.29. The van der Waals surface area contributed by atoms with E-state index in [1.807, 2.05) is 0 Å². The van der Waals surface area contributed by atoms with E-state index in [-0.39, 0.29) is 17.9 Å². The van der Waals surface area contributed by atoms with Gasteiger partial charge in [-0.05, 0) is 73.8 Å². The topological polar surface area (TPSA) is 47.6 Å². The Morgan fingerprint density at radius 3 is 2.61 bits per heavy atom. The molecule has 1 atom stereocenters. The maximum absolute atomic E-state index is 13.0. The van der Waals surface area contributed by atoms with Gasteiger partial charge < -0.3 is 15.5 Å². The Kier molecular flexibility index (Phi) is 5.48. The van der Waals surface area contributed by atoms with E-state index in [4.69, 9.17) is 0 Å². The lowest BCUT2D eigenvalue weighted by atomic mass is 10.0. The SMILES string of the molecule is CN1CCc2cc([C@H](CNC(=O)Nc3ccc(F)cc3)N3CCCC3)ccc21. The van der Waals surface area contributed by atoms with E-state index in [9.17, 15) is 9.18 Å². The molecule has 1 fully saturated rings. The second kappa shape index (κ2) is 8.19. The number of fused-ring (bicyclic) bond motifs is 1. The molecule has 2 aromatic rings. The van der Waals surface area contributed by atoms with Gasteiger partial charge >= 0.3 is 6.03 Å². The molecule has 0 unspecified atom stereocenters. The number of benzene rings is 2. The molecule has 148 valence electrons. The number of nitrogens with one attached hydrogen (secondary N) is 2. The molecule has 0 aromatic heterocycles. The van der Waals surface area contributed by atoms with Crippen molar-refractivity contribution in [1.29, 1.82) is 0 Å². The molecule has 0 spiro atoms. The van der Waals surface area contributed by atoms with Gasteiger partial charge in [0.15, 0.2) is 0 Å². The average molecular weight is 382 g/mol. The maximum atomic E-state index is 13.0. The molecule has 2 aliphatic rings. The molecule has 2 aliphatic heterocycles. The van der Waals surface area contributed by atoms with Crippen molar-refractivity contribution in [1.82, 2.24) is 10.2 Å². The van der Waals surface area contributed by atoms with E-state index >= 15 is 0 Å². The molecule has 6 heteroatoms. The van der Waals surface area contributed by atoms with Crippen LogP contribution in [0.1, 0.15) is 30.0 Å². The van der Waals surface area contributed by atoms with Gasteiger partial charge in [0.05, 0.1) is 6.04 Å². The third-order valence-corrected chi connectivity index (χ3v) is 5.76. The largest absolute Gasteiger partial charge is 0.374 e. The van der Waals surface area contributed by atoms with Crippen LogP contribution in [0.4, 0.5) is 20.6 Å². The molecule has 0 saturated carbocycles. The second-order valence-electron chi connectivity index (χ2n) is 7.66. The van der Waals surface area contributed by atoms with Crippen molar-refractivity contribution < 1.29 is 9.18 Å². The number of nitrogens with zero attached hydrogens (tertiary/aromatic N) is 2. The van der Waals surface area contributed by atoms with Gasteiger partial charge in [0, 0.05) is 31.5 Å². The molecular formula is C22H27FN4O. The van der Waals surface area contributed by atoms with Crippen LogP contribution in [-0.4, -0.2) is 44.2 Å². The zero-order valence-electron chi connectivity index (χ0n) is 16.2. The van der Waals surface area contributed by atoms with Crippen LogP contribution >= 0.6 is 0 Å². The first-order valence-electron chi connectivity index (χ1n) is 9.98. The predicted molar refractivity (Wildman–Crippen MR) is 110 cm³/mol. The van der Waals surface area contributed by atoms with Crippen LogP contribution in [0.5, 0.6) is 0 Å². The number of carbonyl (C=O) groups excluding carboxylic acids is 1. The van der Waals surface area contributed by atoms with E-state index < -0.39 is 0 Å². The highest BCUT2D eigenvalue weighted by atomic mass is 19.1. The van der Waals surface area contributed by atoms with Crippen molar-refractivity contribution in [2.75, 3.05) is 43.4 Å². The average Bonchev–Trinajstić information content (AvgIpc) is 3.34. The van der Waals surface area contributed by atoms with Crippen LogP contribution in [0, 0.1) is 5.82 Å². The molecular weight excluding hydrogens is 355 g/mol. The van der Waals surface area contributed by atoms with Crippen LogP contribution in [0.3, 0.4) is 0 Å². The fourth-order valence-corrected chi connectivity index (χ4v) is 4.20. The van der Waals surface area contributed by atoms with Gasteiger partial charge in [0.25, 0.3) is 0 Å². The molecule has 4 rings (SSSR count).